The van der Waals surface area contributed by atoms with Crippen LogP contribution >= 0.6 is 0 Å². The van der Waals surface area contributed by atoms with Crippen molar-refractivity contribution in [1.82, 2.24) is 15.1 Å². The maximum atomic E-state index is 12.4. The summed E-state index contributed by atoms with van der Waals surface area (Å²) in [5.41, 5.74) is 2.45. The molecule has 1 fully saturated rings. The van der Waals surface area contributed by atoms with Crippen molar-refractivity contribution in [3.8, 4) is 0 Å². The number of aryl methyl sites for hydroxylation is 2. The van der Waals surface area contributed by atoms with Gasteiger partial charge in [0.25, 0.3) is 5.91 Å². The van der Waals surface area contributed by atoms with Crippen molar-refractivity contribution in [3.05, 3.63) is 17.0 Å². The van der Waals surface area contributed by atoms with E-state index in [9.17, 15) is 4.79 Å². The Balaban J connectivity index is 2.07. The van der Waals surface area contributed by atoms with Crippen LogP contribution in [0.25, 0.3) is 0 Å². The third kappa shape index (κ3) is 2.35. The van der Waals surface area contributed by atoms with E-state index >= 15 is 0 Å². The minimum absolute atomic E-state index is 0.142. The number of hydrogen-bond acceptors (Lipinski definition) is 2. The number of carbonyl (C=O) groups is 1. The lowest BCUT2D eigenvalue weighted by Gasteiger charge is -2.31. The molecule has 1 N–H and O–H groups in total. The van der Waals surface area contributed by atoms with Gasteiger partial charge in [0.15, 0.2) is 0 Å². The highest BCUT2D eigenvalue weighted by atomic mass is 16.2. The van der Waals surface area contributed by atoms with Gasteiger partial charge in [0.1, 0.15) is 0 Å². The van der Waals surface area contributed by atoms with E-state index in [1.807, 2.05) is 18.7 Å². The van der Waals surface area contributed by atoms with Crippen LogP contribution in [-0.4, -0.2) is 34.1 Å². The van der Waals surface area contributed by atoms with Crippen LogP contribution in [0.3, 0.4) is 0 Å². The lowest BCUT2D eigenvalue weighted by atomic mass is 9.94. The van der Waals surface area contributed by atoms with E-state index in [4.69, 9.17) is 0 Å². The highest BCUT2D eigenvalue weighted by Gasteiger charge is 2.25. The van der Waals surface area contributed by atoms with Crippen LogP contribution in [0.5, 0.6) is 0 Å². The first-order chi connectivity index (χ1) is 8.13. The number of nitrogens with one attached hydrogen (secondary N) is 1. The fraction of sp³-hybridized carbons (Fsp3) is 0.692. The molecule has 1 aliphatic heterocycles. The van der Waals surface area contributed by atoms with Gasteiger partial charge >= 0.3 is 0 Å². The summed E-state index contributed by atoms with van der Waals surface area (Å²) in [6.45, 7) is 7.80. The van der Waals surface area contributed by atoms with Gasteiger partial charge in [0.2, 0.25) is 0 Å². The molecule has 0 aliphatic carbocycles. The molecule has 1 aromatic heterocycles. The average molecular weight is 235 g/mol. The van der Waals surface area contributed by atoms with Gasteiger partial charge < -0.3 is 4.90 Å². The Bertz CT molecular complexity index is 383. The SMILES string of the molecule is CCC1CCN(C(=O)c2c(C)n[nH]c2C)CC1. The normalized spacial score (nSPS) is 17.5. The Morgan fingerprint density at radius 3 is 2.53 bits per heavy atom. The number of rotatable bonds is 2. The highest BCUT2D eigenvalue weighted by Crippen LogP contribution is 2.22. The number of hydrogen-bond donors (Lipinski definition) is 1. The van der Waals surface area contributed by atoms with Crippen LogP contribution in [0.1, 0.15) is 47.9 Å². The van der Waals surface area contributed by atoms with E-state index in [-0.39, 0.29) is 5.91 Å². The van der Waals surface area contributed by atoms with Gasteiger partial charge in [-0.3, -0.25) is 9.89 Å². The number of aromatic amines is 1. The fourth-order valence-electron chi connectivity index (χ4n) is 2.57. The second-order valence-electron chi connectivity index (χ2n) is 4.95. The number of amides is 1. The molecular weight excluding hydrogens is 214 g/mol. The zero-order valence-electron chi connectivity index (χ0n) is 10.9. The summed E-state index contributed by atoms with van der Waals surface area (Å²) in [4.78, 5) is 14.3. The largest absolute Gasteiger partial charge is 0.339 e. The highest BCUT2D eigenvalue weighted by molar-refractivity contribution is 5.96. The number of aromatic nitrogens is 2. The fourth-order valence-corrected chi connectivity index (χ4v) is 2.57. The van der Waals surface area contributed by atoms with E-state index in [0.29, 0.717) is 0 Å². The Hall–Kier alpha value is -1.32. The standard InChI is InChI=1S/C13H21N3O/c1-4-11-5-7-16(8-6-11)13(17)12-9(2)14-15-10(12)3/h11H,4-8H2,1-3H3,(H,14,15). The van der Waals surface area contributed by atoms with Crippen molar-refractivity contribution in [2.24, 2.45) is 5.92 Å². The van der Waals surface area contributed by atoms with Crippen LogP contribution in [0.4, 0.5) is 0 Å². The molecule has 0 saturated carbocycles. The minimum atomic E-state index is 0.142. The summed E-state index contributed by atoms with van der Waals surface area (Å²) >= 11 is 0. The molecular formula is C13H21N3O. The van der Waals surface area contributed by atoms with Crippen LogP contribution in [0.2, 0.25) is 0 Å². The molecule has 1 aliphatic rings. The van der Waals surface area contributed by atoms with Gasteiger partial charge in [-0.1, -0.05) is 13.3 Å². The number of likely N-dealkylation sites (tertiary alicyclic amines) is 1. The van der Waals surface area contributed by atoms with E-state index in [0.717, 1.165) is 48.8 Å². The Morgan fingerprint density at radius 1 is 1.41 bits per heavy atom. The number of H-pyrrole nitrogens is 1. The molecule has 0 aromatic carbocycles. The molecule has 0 radical (unpaired) electrons. The van der Waals surface area contributed by atoms with Gasteiger partial charge in [-0.2, -0.15) is 5.10 Å². The maximum absolute atomic E-state index is 12.4. The zero-order chi connectivity index (χ0) is 12.4. The van der Waals surface area contributed by atoms with Crippen molar-refractivity contribution in [3.63, 3.8) is 0 Å². The van der Waals surface area contributed by atoms with Crippen LogP contribution in [-0.2, 0) is 0 Å². The van der Waals surface area contributed by atoms with Crippen LogP contribution < -0.4 is 0 Å². The summed E-state index contributed by atoms with van der Waals surface area (Å²) in [5, 5.41) is 6.97. The van der Waals surface area contributed by atoms with Gasteiger partial charge in [0.05, 0.1) is 11.3 Å². The average Bonchev–Trinajstić information content (AvgIpc) is 2.68. The molecule has 1 amide bonds. The number of carbonyl (C=O) groups excluding carboxylic acids is 1. The van der Waals surface area contributed by atoms with Crippen LogP contribution in [0.15, 0.2) is 0 Å². The van der Waals surface area contributed by atoms with Crippen molar-refractivity contribution >= 4 is 5.91 Å². The van der Waals surface area contributed by atoms with Crippen molar-refractivity contribution < 1.29 is 4.79 Å². The molecule has 4 nitrogen and oxygen atoms in total. The molecule has 0 bridgehead atoms. The van der Waals surface area contributed by atoms with Crippen molar-refractivity contribution in [2.75, 3.05) is 13.1 Å². The summed E-state index contributed by atoms with van der Waals surface area (Å²) in [5.74, 6) is 0.939. The predicted molar refractivity (Wildman–Crippen MR) is 67.0 cm³/mol. The Kier molecular flexibility index (Phi) is 3.50. The second-order valence-corrected chi connectivity index (χ2v) is 4.95. The monoisotopic (exact) mass is 235 g/mol. The quantitative estimate of drug-likeness (QED) is 0.855. The van der Waals surface area contributed by atoms with E-state index < -0.39 is 0 Å². The molecule has 17 heavy (non-hydrogen) atoms. The van der Waals surface area contributed by atoms with Crippen molar-refractivity contribution in [2.45, 2.75) is 40.0 Å². The summed E-state index contributed by atoms with van der Waals surface area (Å²) in [6, 6.07) is 0. The Morgan fingerprint density at radius 2 is 2.06 bits per heavy atom. The zero-order valence-corrected chi connectivity index (χ0v) is 10.9. The molecule has 2 rings (SSSR count). The van der Waals surface area contributed by atoms with Gasteiger partial charge in [-0.05, 0) is 32.6 Å². The van der Waals surface area contributed by atoms with Crippen LogP contribution in [0, 0.1) is 19.8 Å². The van der Waals surface area contributed by atoms with Gasteiger partial charge in [-0.25, -0.2) is 0 Å². The molecule has 4 heteroatoms. The molecule has 0 spiro atoms. The van der Waals surface area contributed by atoms with E-state index in [1.165, 1.54) is 6.42 Å². The van der Waals surface area contributed by atoms with Crippen molar-refractivity contribution in [1.29, 1.82) is 0 Å². The molecule has 1 saturated heterocycles. The third-order valence-corrected chi connectivity index (χ3v) is 3.82. The topological polar surface area (TPSA) is 49.0 Å². The molecule has 0 unspecified atom stereocenters. The molecule has 94 valence electrons. The summed E-state index contributed by atoms with van der Waals surface area (Å²) in [6.07, 6.45) is 3.50. The smallest absolute Gasteiger partial charge is 0.257 e. The lowest BCUT2D eigenvalue weighted by molar-refractivity contribution is 0.0687. The summed E-state index contributed by atoms with van der Waals surface area (Å²) < 4.78 is 0. The van der Waals surface area contributed by atoms with Gasteiger partial charge in [0, 0.05) is 18.8 Å². The first-order valence-electron chi connectivity index (χ1n) is 6.44. The minimum Gasteiger partial charge on any atom is -0.339 e. The number of piperidine rings is 1. The van der Waals surface area contributed by atoms with Gasteiger partial charge in [-0.15, -0.1) is 0 Å². The second kappa shape index (κ2) is 4.90. The molecule has 1 aromatic rings. The number of nitrogens with zero attached hydrogens (tertiary/aromatic N) is 2. The first kappa shape index (κ1) is 12.1. The van der Waals surface area contributed by atoms with E-state index in [2.05, 4.69) is 17.1 Å². The first-order valence-corrected chi connectivity index (χ1v) is 6.44. The predicted octanol–water partition coefficient (Wildman–Crippen LogP) is 2.29. The Labute approximate surface area is 102 Å². The molecule has 0 atom stereocenters. The third-order valence-electron chi connectivity index (χ3n) is 3.82. The summed E-state index contributed by atoms with van der Waals surface area (Å²) in [7, 11) is 0. The lowest BCUT2D eigenvalue weighted by Crippen LogP contribution is -2.38. The van der Waals surface area contributed by atoms with E-state index in [1.54, 1.807) is 0 Å². The molecule has 2 heterocycles. The maximum Gasteiger partial charge on any atom is 0.257 e.